The summed E-state index contributed by atoms with van der Waals surface area (Å²) in [4.78, 5) is 0. The minimum absolute atomic E-state index is 0.0786. The molecule has 2 aliphatic carbocycles. The maximum absolute atomic E-state index is 11.9. The van der Waals surface area contributed by atoms with Crippen LogP contribution in [0.3, 0.4) is 0 Å². The SMILES string of the molecule is C/C=C(/CC[C@@H](C)[C@H]1CC[C@@H]2[C@]1(C)CC[C@@H](O)[C@@]2(O)CCc1cc(O)ccc1C)C(C)C. The second-order valence-electron chi connectivity index (χ2n) is 11.4. The number of allylic oxidation sites excluding steroid dienone is 2. The number of fused-ring (bicyclic) bond motifs is 1. The highest BCUT2D eigenvalue weighted by molar-refractivity contribution is 5.34. The van der Waals surface area contributed by atoms with E-state index in [1.807, 2.05) is 13.0 Å². The number of benzene rings is 1. The van der Waals surface area contributed by atoms with Crippen LogP contribution in [0.2, 0.25) is 0 Å². The molecule has 0 saturated heterocycles. The Hall–Kier alpha value is -1.32. The van der Waals surface area contributed by atoms with Crippen molar-refractivity contribution in [3.05, 3.63) is 41.0 Å². The zero-order valence-corrected chi connectivity index (χ0v) is 21.2. The zero-order chi connectivity index (χ0) is 23.7. The van der Waals surface area contributed by atoms with Crippen molar-refractivity contribution in [3.8, 4) is 5.75 Å². The molecule has 3 heteroatoms. The first-order valence-electron chi connectivity index (χ1n) is 12.9. The fraction of sp³-hybridized carbons (Fsp3) is 0.724. The van der Waals surface area contributed by atoms with Crippen LogP contribution >= 0.6 is 0 Å². The molecule has 0 unspecified atom stereocenters. The fourth-order valence-corrected chi connectivity index (χ4v) is 7.27. The highest BCUT2D eigenvalue weighted by Crippen LogP contribution is 2.62. The van der Waals surface area contributed by atoms with Gasteiger partial charge in [0, 0.05) is 0 Å². The molecule has 2 saturated carbocycles. The summed E-state index contributed by atoms with van der Waals surface area (Å²) in [5, 5.41) is 32.8. The lowest BCUT2D eigenvalue weighted by Crippen LogP contribution is -2.58. The quantitative estimate of drug-likeness (QED) is 0.399. The molecule has 180 valence electrons. The van der Waals surface area contributed by atoms with Crippen LogP contribution in [0.5, 0.6) is 5.75 Å². The van der Waals surface area contributed by atoms with Crippen LogP contribution in [0.4, 0.5) is 0 Å². The monoisotopic (exact) mass is 442 g/mol. The Morgan fingerprint density at radius 3 is 2.56 bits per heavy atom. The number of aryl methyl sites for hydroxylation is 2. The normalized spacial score (nSPS) is 34.0. The Kier molecular flexibility index (Phi) is 7.82. The van der Waals surface area contributed by atoms with Gasteiger partial charge in [-0.3, -0.25) is 0 Å². The average molecular weight is 443 g/mol. The summed E-state index contributed by atoms with van der Waals surface area (Å²) >= 11 is 0. The van der Waals surface area contributed by atoms with Crippen molar-refractivity contribution < 1.29 is 15.3 Å². The summed E-state index contributed by atoms with van der Waals surface area (Å²) in [7, 11) is 0. The van der Waals surface area contributed by atoms with Gasteiger partial charge >= 0.3 is 0 Å². The molecule has 3 rings (SSSR count). The summed E-state index contributed by atoms with van der Waals surface area (Å²) in [6, 6.07) is 5.45. The second kappa shape index (κ2) is 9.89. The fourth-order valence-electron chi connectivity index (χ4n) is 7.27. The third-order valence-corrected chi connectivity index (χ3v) is 9.36. The van der Waals surface area contributed by atoms with E-state index in [0.29, 0.717) is 37.0 Å². The standard InChI is InChI=1S/C29H46O3/c1-7-22(19(2)3)10-8-21(5)25-12-13-26-28(25,6)16-15-27(31)29(26,32)17-14-23-18-24(30)11-9-20(23)4/h7,9,11,18-19,21,25-27,30-32H,8,10,12-17H2,1-6H3/b22-7-/t21-,25-,26-,27-,28-,29-/m1/s1. The molecule has 0 aromatic heterocycles. The van der Waals surface area contributed by atoms with Gasteiger partial charge in [-0.05, 0) is 118 Å². The molecule has 0 amide bonds. The molecule has 0 radical (unpaired) electrons. The van der Waals surface area contributed by atoms with Crippen molar-refractivity contribution in [2.45, 2.75) is 105 Å². The first-order valence-corrected chi connectivity index (χ1v) is 12.9. The number of phenols is 1. The van der Waals surface area contributed by atoms with Gasteiger partial charge in [0.2, 0.25) is 0 Å². The van der Waals surface area contributed by atoms with E-state index in [0.717, 1.165) is 36.8 Å². The Morgan fingerprint density at radius 1 is 1.19 bits per heavy atom. The summed E-state index contributed by atoms with van der Waals surface area (Å²) in [5.74, 6) is 2.22. The van der Waals surface area contributed by atoms with Gasteiger partial charge in [-0.25, -0.2) is 0 Å². The molecule has 3 N–H and O–H groups in total. The van der Waals surface area contributed by atoms with Gasteiger partial charge in [-0.15, -0.1) is 0 Å². The largest absolute Gasteiger partial charge is 0.508 e. The van der Waals surface area contributed by atoms with Crippen molar-refractivity contribution in [1.82, 2.24) is 0 Å². The molecule has 0 heterocycles. The first-order chi connectivity index (χ1) is 15.0. The Labute approximate surface area is 196 Å². The van der Waals surface area contributed by atoms with Gasteiger partial charge in [-0.1, -0.05) is 45.4 Å². The van der Waals surface area contributed by atoms with Gasteiger partial charge in [0.1, 0.15) is 5.75 Å². The number of hydrogen-bond acceptors (Lipinski definition) is 3. The van der Waals surface area contributed by atoms with Gasteiger partial charge in [0.25, 0.3) is 0 Å². The third kappa shape index (κ3) is 4.80. The molecule has 2 aliphatic rings. The summed E-state index contributed by atoms with van der Waals surface area (Å²) in [5.41, 5.74) is 2.77. The van der Waals surface area contributed by atoms with E-state index in [1.54, 1.807) is 17.7 Å². The van der Waals surface area contributed by atoms with Crippen LogP contribution in [-0.4, -0.2) is 27.0 Å². The van der Waals surface area contributed by atoms with Crippen molar-refractivity contribution in [1.29, 1.82) is 0 Å². The lowest BCUT2D eigenvalue weighted by molar-refractivity contribution is -0.181. The maximum atomic E-state index is 11.9. The number of hydrogen-bond donors (Lipinski definition) is 3. The number of aromatic hydroxyl groups is 1. The van der Waals surface area contributed by atoms with E-state index in [9.17, 15) is 15.3 Å². The lowest BCUT2D eigenvalue weighted by Gasteiger charge is -2.53. The molecule has 3 nitrogen and oxygen atoms in total. The van der Waals surface area contributed by atoms with Crippen LogP contribution in [0.1, 0.15) is 90.7 Å². The molecule has 0 aliphatic heterocycles. The topological polar surface area (TPSA) is 60.7 Å². The molecule has 1 aromatic carbocycles. The lowest BCUT2D eigenvalue weighted by atomic mass is 9.55. The minimum Gasteiger partial charge on any atom is -0.508 e. The van der Waals surface area contributed by atoms with E-state index in [-0.39, 0.29) is 17.1 Å². The first kappa shape index (κ1) is 25.3. The van der Waals surface area contributed by atoms with E-state index in [1.165, 1.54) is 6.42 Å². The highest BCUT2D eigenvalue weighted by Gasteiger charge is 2.60. The van der Waals surface area contributed by atoms with Crippen LogP contribution in [0.15, 0.2) is 29.8 Å². The number of rotatable bonds is 8. The highest BCUT2D eigenvalue weighted by atomic mass is 16.3. The zero-order valence-electron chi connectivity index (χ0n) is 21.2. The van der Waals surface area contributed by atoms with Crippen LogP contribution in [0.25, 0.3) is 0 Å². The number of aliphatic hydroxyl groups is 2. The Morgan fingerprint density at radius 2 is 1.91 bits per heavy atom. The molecule has 2 fully saturated rings. The smallest absolute Gasteiger partial charge is 0.115 e. The summed E-state index contributed by atoms with van der Waals surface area (Å²) in [6.45, 7) is 13.6. The predicted octanol–water partition coefficient (Wildman–Crippen LogP) is 6.57. The van der Waals surface area contributed by atoms with Crippen LogP contribution < -0.4 is 0 Å². The number of aliphatic hydroxyl groups excluding tert-OH is 1. The Bertz CT molecular complexity index is 813. The van der Waals surface area contributed by atoms with Gasteiger partial charge < -0.3 is 15.3 Å². The van der Waals surface area contributed by atoms with E-state index >= 15 is 0 Å². The van der Waals surface area contributed by atoms with E-state index in [2.05, 4.69) is 40.7 Å². The molecule has 0 bridgehead atoms. The summed E-state index contributed by atoms with van der Waals surface area (Å²) in [6.07, 6.45) is 9.05. The van der Waals surface area contributed by atoms with E-state index in [4.69, 9.17) is 0 Å². The average Bonchev–Trinajstić information content (AvgIpc) is 3.10. The molecular weight excluding hydrogens is 396 g/mol. The van der Waals surface area contributed by atoms with Crippen molar-refractivity contribution in [3.63, 3.8) is 0 Å². The van der Waals surface area contributed by atoms with Crippen molar-refractivity contribution in [2.24, 2.45) is 29.1 Å². The third-order valence-electron chi connectivity index (χ3n) is 9.36. The van der Waals surface area contributed by atoms with Gasteiger partial charge in [0.15, 0.2) is 0 Å². The van der Waals surface area contributed by atoms with Gasteiger partial charge in [-0.2, -0.15) is 0 Å². The van der Waals surface area contributed by atoms with Crippen molar-refractivity contribution in [2.75, 3.05) is 0 Å². The van der Waals surface area contributed by atoms with E-state index < -0.39 is 11.7 Å². The van der Waals surface area contributed by atoms with Gasteiger partial charge in [0.05, 0.1) is 11.7 Å². The molecule has 6 atom stereocenters. The second-order valence-corrected chi connectivity index (χ2v) is 11.4. The maximum Gasteiger partial charge on any atom is 0.115 e. The molecule has 32 heavy (non-hydrogen) atoms. The molecule has 1 aromatic rings. The van der Waals surface area contributed by atoms with Crippen LogP contribution in [0, 0.1) is 36.0 Å². The molecule has 0 spiro atoms. The Balaban J connectivity index is 1.75. The molecular formula is C29H46O3. The summed E-state index contributed by atoms with van der Waals surface area (Å²) < 4.78 is 0. The predicted molar refractivity (Wildman–Crippen MR) is 133 cm³/mol. The van der Waals surface area contributed by atoms with Crippen LogP contribution in [-0.2, 0) is 6.42 Å². The minimum atomic E-state index is -1.05. The van der Waals surface area contributed by atoms with Crippen molar-refractivity contribution >= 4 is 0 Å². The number of phenolic OH excluding ortho intramolecular Hbond substituents is 1.